The topological polar surface area (TPSA) is 84.4 Å². The summed E-state index contributed by atoms with van der Waals surface area (Å²) in [6, 6.07) is 5.08. The molecular formula is C15H26N4O2. The fourth-order valence-electron chi connectivity index (χ4n) is 2.31. The molecule has 1 aromatic carbocycles. The summed E-state index contributed by atoms with van der Waals surface area (Å²) in [4.78, 5) is 13.0. The first-order valence-corrected chi connectivity index (χ1v) is 7.59. The van der Waals surface area contributed by atoms with Crippen molar-refractivity contribution in [2.75, 3.05) is 18.5 Å². The normalized spacial score (nSPS) is 10.9. The maximum absolute atomic E-state index is 11.1. The van der Waals surface area contributed by atoms with Crippen LogP contribution in [0.3, 0.4) is 0 Å². The van der Waals surface area contributed by atoms with Gasteiger partial charge in [0.1, 0.15) is 5.69 Å². The van der Waals surface area contributed by atoms with Gasteiger partial charge in [0, 0.05) is 12.6 Å². The largest absolute Gasteiger partial charge is 0.318 e. The van der Waals surface area contributed by atoms with Crippen LogP contribution in [0.25, 0.3) is 0 Å². The van der Waals surface area contributed by atoms with Gasteiger partial charge in [0.2, 0.25) is 0 Å². The van der Waals surface area contributed by atoms with E-state index in [-0.39, 0.29) is 5.69 Å². The van der Waals surface area contributed by atoms with Crippen molar-refractivity contribution in [2.24, 2.45) is 5.84 Å². The Labute approximate surface area is 126 Å². The van der Waals surface area contributed by atoms with Crippen molar-refractivity contribution in [2.45, 2.75) is 46.1 Å². The number of para-hydroxylation sites is 1. The molecule has 0 radical (unpaired) electrons. The van der Waals surface area contributed by atoms with Crippen LogP contribution in [0.1, 0.15) is 45.1 Å². The third-order valence-electron chi connectivity index (χ3n) is 3.52. The standard InChI is InChI=1S/C15H26N4O2/c1-3-5-10-18(11-6-4-2)12-13-8-7-9-14(19(20)21)15(13)17-16/h7-9,17H,3-6,10-12,16H2,1-2H3. The first kappa shape index (κ1) is 17.4. The highest BCUT2D eigenvalue weighted by atomic mass is 16.6. The summed E-state index contributed by atoms with van der Waals surface area (Å²) < 4.78 is 0. The van der Waals surface area contributed by atoms with E-state index in [0.29, 0.717) is 12.2 Å². The van der Waals surface area contributed by atoms with Crippen molar-refractivity contribution < 1.29 is 4.92 Å². The van der Waals surface area contributed by atoms with Gasteiger partial charge in [-0.25, -0.2) is 0 Å². The number of nitrogens with zero attached hydrogens (tertiary/aromatic N) is 2. The number of hydrogen-bond donors (Lipinski definition) is 2. The molecule has 0 aliphatic rings. The van der Waals surface area contributed by atoms with E-state index in [4.69, 9.17) is 5.84 Å². The summed E-state index contributed by atoms with van der Waals surface area (Å²) in [6.07, 6.45) is 4.53. The van der Waals surface area contributed by atoms with Gasteiger partial charge in [0.05, 0.1) is 4.92 Å². The van der Waals surface area contributed by atoms with Crippen LogP contribution in [-0.4, -0.2) is 22.9 Å². The van der Waals surface area contributed by atoms with E-state index >= 15 is 0 Å². The maximum atomic E-state index is 11.1. The Kier molecular flexibility index (Phi) is 7.71. The maximum Gasteiger partial charge on any atom is 0.293 e. The van der Waals surface area contributed by atoms with Crippen LogP contribution in [-0.2, 0) is 6.54 Å². The Hall–Kier alpha value is -1.66. The van der Waals surface area contributed by atoms with Crippen LogP contribution in [0.5, 0.6) is 0 Å². The van der Waals surface area contributed by atoms with Gasteiger partial charge in [0.15, 0.2) is 0 Å². The molecule has 0 aromatic heterocycles. The van der Waals surface area contributed by atoms with Gasteiger partial charge in [-0.1, -0.05) is 38.8 Å². The highest BCUT2D eigenvalue weighted by Gasteiger charge is 2.18. The SMILES string of the molecule is CCCCN(CCCC)Cc1cccc([N+](=O)[O-])c1NN. The second-order valence-electron chi connectivity index (χ2n) is 5.20. The number of nitro benzene ring substituents is 1. The Morgan fingerprint density at radius 3 is 2.33 bits per heavy atom. The number of hydrogen-bond acceptors (Lipinski definition) is 5. The molecule has 6 nitrogen and oxygen atoms in total. The predicted molar refractivity (Wildman–Crippen MR) is 86.0 cm³/mol. The zero-order valence-corrected chi connectivity index (χ0v) is 13.0. The number of hydrazine groups is 1. The number of nitrogens with two attached hydrogens (primary N) is 1. The third-order valence-corrected chi connectivity index (χ3v) is 3.52. The number of anilines is 1. The van der Waals surface area contributed by atoms with Gasteiger partial charge >= 0.3 is 0 Å². The van der Waals surface area contributed by atoms with Crippen molar-refractivity contribution in [1.29, 1.82) is 0 Å². The lowest BCUT2D eigenvalue weighted by molar-refractivity contribution is -0.384. The number of nitrogens with one attached hydrogen (secondary N) is 1. The molecule has 1 aromatic rings. The summed E-state index contributed by atoms with van der Waals surface area (Å²) in [5, 5.41) is 11.1. The molecule has 0 heterocycles. The molecule has 0 fully saturated rings. The minimum absolute atomic E-state index is 0.0286. The molecule has 0 bridgehead atoms. The number of rotatable bonds is 10. The molecule has 0 atom stereocenters. The second kappa shape index (κ2) is 9.31. The molecule has 6 heteroatoms. The molecule has 0 saturated carbocycles. The molecule has 3 N–H and O–H groups in total. The molecular weight excluding hydrogens is 268 g/mol. The van der Waals surface area contributed by atoms with Crippen LogP contribution >= 0.6 is 0 Å². The van der Waals surface area contributed by atoms with Gasteiger partial charge in [-0.15, -0.1) is 0 Å². The summed E-state index contributed by atoms with van der Waals surface area (Å²) in [5.41, 5.74) is 3.81. The van der Waals surface area contributed by atoms with Gasteiger partial charge < -0.3 is 5.43 Å². The smallest absolute Gasteiger partial charge is 0.293 e. The van der Waals surface area contributed by atoms with Gasteiger partial charge in [-0.3, -0.25) is 20.9 Å². The fourth-order valence-corrected chi connectivity index (χ4v) is 2.31. The van der Waals surface area contributed by atoms with Gasteiger partial charge in [-0.2, -0.15) is 0 Å². The molecule has 0 saturated heterocycles. The quantitative estimate of drug-likeness (QED) is 0.393. The third kappa shape index (κ3) is 5.32. The molecule has 1 rings (SSSR count). The van der Waals surface area contributed by atoms with Crippen LogP contribution in [0.2, 0.25) is 0 Å². The lowest BCUT2D eigenvalue weighted by Gasteiger charge is -2.23. The molecule has 0 aliphatic heterocycles. The molecule has 21 heavy (non-hydrogen) atoms. The lowest BCUT2D eigenvalue weighted by atomic mass is 10.1. The van der Waals surface area contributed by atoms with E-state index in [0.717, 1.165) is 44.3 Å². The average Bonchev–Trinajstić information content (AvgIpc) is 2.49. The zero-order valence-electron chi connectivity index (χ0n) is 13.0. The van der Waals surface area contributed by atoms with Gasteiger partial charge in [-0.05, 0) is 31.5 Å². The summed E-state index contributed by atoms with van der Waals surface area (Å²) >= 11 is 0. The fraction of sp³-hybridized carbons (Fsp3) is 0.600. The van der Waals surface area contributed by atoms with E-state index in [1.165, 1.54) is 6.07 Å². The number of nitrogen functional groups attached to an aromatic ring is 1. The van der Waals surface area contributed by atoms with E-state index in [1.54, 1.807) is 6.07 Å². The van der Waals surface area contributed by atoms with Crippen LogP contribution < -0.4 is 11.3 Å². The molecule has 118 valence electrons. The number of nitro groups is 1. The Morgan fingerprint density at radius 2 is 1.86 bits per heavy atom. The Morgan fingerprint density at radius 1 is 1.24 bits per heavy atom. The minimum atomic E-state index is -0.402. The van der Waals surface area contributed by atoms with E-state index < -0.39 is 4.92 Å². The lowest BCUT2D eigenvalue weighted by Crippen LogP contribution is -2.26. The molecule has 0 spiro atoms. The Balaban J connectivity index is 2.91. The first-order valence-electron chi connectivity index (χ1n) is 7.59. The molecule has 0 amide bonds. The zero-order chi connectivity index (χ0) is 15.7. The Bertz CT molecular complexity index is 443. The number of unbranched alkanes of at least 4 members (excludes halogenated alkanes) is 2. The average molecular weight is 294 g/mol. The summed E-state index contributed by atoms with van der Waals surface area (Å²) in [7, 11) is 0. The summed E-state index contributed by atoms with van der Waals surface area (Å²) in [5.74, 6) is 5.49. The summed E-state index contributed by atoms with van der Waals surface area (Å²) in [6.45, 7) is 7.02. The minimum Gasteiger partial charge on any atom is -0.318 e. The second-order valence-corrected chi connectivity index (χ2v) is 5.20. The van der Waals surface area contributed by atoms with E-state index in [9.17, 15) is 10.1 Å². The van der Waals surface area contributed by atoms with Gasteiger partial charge in [0.25, 0.3) is 5.69 Å². The molecule has 0 unspecified atom stereocenters. The highest BCUT2D eigenvalue weighted by Crippen LogP contribution is 2.28. The highest BCUT2D eigenvalue weighted by molar-refractivity contribution is 5.65. The molecule has 0 aliphatic carbocycles. The van der Waals surface area contributed by atoms with Crippen LogP contribution in [0, 0.1) is 10.1 Å². The van der Waals surface area contributed by atoms with E-state index in [1.807, 2.05) is 6.07 Å². The van der Waals surface area contributed by atoms with Crippen molar-refractivity contribution in [3.8, 4) is 0 Å². The first-order chi connectivity index (χ1) is 10.1. The van der Waals surface area contributed by atoms with Crippen molar-refractivity contribution in [1.82, 2.24) is 4.90 Å². The van der Waals surface area contributed by atoms with Crippen LogP contribution in [0.15, 0.2) is 18.2 Å². The van der Waals surface area contributed by atoms with E-state index in [2.05, 4.69) is 24.2 Å². The van der Waals surface area contributed by atoms with Crippen molar-refractivity contribution >= 4 is 11.4 Å². The van der Waals surface area contributed by atoms with Crippen LogP contribution in [0.4, 0.5) is 11.4 Å². The monoisotopic (exact) mass is 294 g/mol. The predicted octanol–water partition coefficient (Wildman–Crippen LogP) is 3.28. The number of benzene rings is 1. The van der Waals surface area contributed by atoms with Crippen molar-refractivity contribution in [3.05, 3.63) is 33.9 Å². The van der Waals surface area contributed by atoms with Crippen molar-refractivity contribution in [3.63, 3.8) is 0 Å².